The molecule has 3 aromatic rings. The molecule has 0 bridgehead atoms. The maximum atomic E-state index is 5.17. The summed E-state index contributed by atoms with van der Waals surface area (Å²) in [5.74, 6) is 1.53. The molecule has 2 heterocycles. The second-order valence-corrected chi connectivity index (χ2v) is 5.87. The van der Waals surface area contributed by atoms with Gasteiger partial charge in [-0.05, 0) is 44.3 Å². The summed E-state index contributed by atoms with van der Waals surface area (Å²) in [7, 11) is 3.71. The van der Waals surface area contributed by atoms with E-state index in [9.17, 15) is 0 Å². The number of rotatable bonds is 6. The Kier molecular flexibility index (Phi) is 5.30. The molecule has 1 atom stereocenters. The monoisotopic (exact) mass is 335 g/mol. The van der Waals surface area contributed by atoms with Crippen molar-refractivity contribution in [3.63, 3.8) is 0 Å². The van der Waals surface area contributed by atoms with Crippen LogP contribution < -0.4 is 4.74 Å². The summed E-state index contributed by atoms with van der Waals surface area (Å²) in [6.07, 6.45) is 7.08. The van der Waals surface area contributed by atoms with Crippen LogP contribution in [0.5, 0.6) is 5.75 Å². The van der Waals surface area contributed by atoms with Crippen molar-refractivity contribution < 1.29 is 4.74 Å². The predicted molar refractivity (Wildman–Crippen MR) is 95.9 cm³/mol. The number of benzene rings is 1. The molecular weight excluding hydrogens is 314 g/mol. The van der Waals surface area contributed by atoms with E-state index in [1.54, 1.807) is 19.6 Å². The number of hydrogen-bond acceptors (Lipinski definition) is 6. The van der Waals surface area contributed by atoms with Crippen LogP contribution in [-0.4, -0.2) is 39.0 Å². The number of methoxy groups -OCH3 is 1. The van der Waals surface area contributed by atoms with Gasteiger partial charge in [0, 0.05) is 42.3 Å². The zero-order chi connectivity index (χ0) is 17.6. The Morgan fingerprint density at radius 1 is 1.04 bits per heavy atom. The maximum absolute atomic E-state index is 5.17. The van der Waals surface area contributed by atoms with Gasteiger partial charge in [-0.15, -0.1) is 0 Å². The van der Waals surface area contributed by atoms with E-state index in [1.807, 2.05) is 42.7 Å². The fourth-order valence-corrected chi connectivity index (χ4v) is 2.52. The number of hydrogen-bond donors (Lipinski definition) is 0. The molecule has 0 saturated heterocycles. The number of nitrogens with zero attached hydrogens (tertiary/aromatic N) is 5. The van der Waals surface area contributed by atoms with Gasteiger partial charge in [-0.2, -0.15) is 0 Å². The van der Waals surface area contributed by atoms with Gasteiger partial charge < -0.3 is 4.74 Å². The van der Waals surface area contributed by atoms with Gasteiger partial charge in [-0.25, -0.2) is 19.9 Å². The SMILES string of the molecule is COc1ccc(-c2ncc(CN(C)C(C)c3ccncn3)cn2)cc1. The molecule has 6 nitrogen and oxygen atoms in total. The number of ether oxygens (including phenoxy) is 1. The zero-order valence-corrected chi connectivity index (χ0v) is 14.6. The van der Waals surface area contributed by atoms with E-state index in [1.165, 1.54) is 0 Å². The molecule has 3 rings (SSSR count). The molecule has 0 amide bonds. The average molecular weight is 335 g/mol. The highest BCUT2D eigenvalue weighted by Crippen LogP contribution is 2.20. The van der Waals surface area contributed by atoms with E-state index >= 15 is 0 Å². The molecule has 6 heteroatoms. The van der Waals surface area contributed by atoms with Gasteiger partial charge in [0.2, 0.25) is 0 Å². The minimum absolute atomic E-state index is 0.185. The number of aromatic nitrogens is 4. The van der Waals surface area contributed by atoms with E-state index in [0.29, 0.717) is 5.82 Å². The van der Waals surface area contributed by atoms with Crippen LogP contribution in [0.25, 0.3) is 11.4 Å². The Balaban J connectivity index is 1.67. The van der Waals surface area contributed by atoms with Gasteiger partial charge >= 0.3 is 0 Å². The highest BCUT2D eigenvalue weighted by molar-refractivity contribution is 5.55. The third kappa shape index (κ3) is 4.16. The molecule has 0 aliphatic rings. The van der Waals surface area contributed by atoms with Crippen molar-refractivity contribution in [2.24, 2.45) is 0 Å². The van der Waals surface area contributed by atoms with Gasteiger partial charge in [-0.3, -0.25) is 4.90 Å². The first kappa shape index (κ1) is 17.0. The van der Waals surface area contributed by atoms with Gasteiger partial charge in [0.15, 0.2) is 5.82 Å². The van der Waals surface area contributed by atoms with Crippen molar-refractivity contribution in [3.05, 3.63) is 66.5 Å². The highest BCUT2D eigenvalue weighted by Gasteiger charge is 2.13. The smallest absolute Gasteiger partial charge is 0.159 e. The summed E-state index contributed by atoms with van der Waals surface area (Å²) >= 11 is 0. The second-order valence-electron chi connectivity index (χ2n) is 5.87. The third-order valence-corrected chi connectivity index (χ3v) is 4.18. The first-order valence-electron chi connectivity index (χ1n) is 8.09. The molecule has 0 spiro atoms. The zero-order valence-electron chi connectivity index (χ0n) is 14.6. The molecule has 0 aliphatic heterocycles. The second kappa shape index (κ2) is 7.81. The quantitative estimate of drug-likeness (QED) is 0.689. The average Bonchev–Trinajstić information content (AvgIpc) is 2.68. The summed E-state index contributed by atoms with van der Waals surface area (Å²) in [4.78, 5) is 19.5. The van der Waals surface area contributed by atoms with Crippen molar-refractivity contribution in [2.45, 2.75) is 19.5 Å². The van der Waals surface area contributed by atoms with Crippen LogP contribution in [0.15, 0.2) is 55.2 Å². The summed E-state index contributed by atoms with van der Waals surface area (Å²) in [6.45, 7) is 2.86. The Morgan fingerprint density at radius 2 is 1.76 bits per heavy atom. The molecule has 0 fully saturated rings. The van der Waals surface area contributed by atoms with Gasteiger partial charge in [0.25, 0.3) is 0 Å². The predicted octanol–water partition coefficient (Wildman–Crippen LogP) is 3.14. The Hall–Kier alpha value is -2.86. The van der Waals surface area contributed by atoms with Crippen molar-refractivity contribution in [1.29, 1.82) is 0 Å². The van der Waals surface area contributed by atoms with Crippen LogP contribution in [0, 0.1) is 0 Å². The topological polar surface area (TPSA) is 64.0 Å². The fraction of sp³-hybridized carbons (Fsp3) is 0.263. The molecule has 2 aromatic heterocycles. The van der Waals surface area contributed by atoms with Gasteiger partial charge in [0.05, 0.1) is 12.8 Å². The largest absolute Gasteiger partial charge is 0.497 e. The highest BCUT2D eigenvalue weighted by atomic mass is 16.5. The Labute approximate surface area is 147 Å². The van der Waals surface area contributed by atoms with Gasteiger partial charge in [0.1, 0.15) is 12.1 Å². The van der Waals surface area contributed by atoms with Crippen LogP contribution in [0.2, 0.25) is 0 Å². The lowest BCUT2D eigenvalue weighted by Crippen LogP contribution is -2.22. The van der Waals surface area contributed by atoms with E-state index in [-0.39, 0.29) is 6.04 Å². The normalized spacial score (nSPS) is 12.2. The van der Waals surface area contributed by atoms with Crippen molar-refractivity contribution in [1.82, 2.24) is 24.8 Å². The van der Waals surface area contributed by atoms with Crippen molar-refractivity contribution in [2.75, 3.05) is 14.2 Å². The molecule has 0 saturated carbocycles. The molecule has 1 aromatic carbocycles. The van der Waals surface area contributed by atoms with Crippen LogP contribution >= 0.6 is 0 Å². The molecular formula is C19H21N5O. The van der Waals surface area contributed by atoms with E-state index in [4.69, 9.17) is 4.74 Å². The van der Waals surface area contributed by atoms with E-state index < -0.39 is 0 Å². The molecule has 0 N–H and O–H groups in total. The molecule has 1 unspecified atom stereocenters. The minimum atomic E-state index is 0.185. The summed E-state index contributed by atoms with van der Waals surface area (Å²) in [5, 5.41) is 0. The van der Waals surface area contributed by atoms with Crippen molar-refractivity contribution >= 4 is 0 Å². The van der Waals surface area contributed by atoms with Gasteiger partial charge in [-0.1, -0.05) is 0 Å². The van der Waals surface area contributed by atoms with Crippen LogP contribution in [0.4, 0.5) is 0 Å². The standard InChI is InChI=1S/C19H21N5O/c1-14(18-8-9-20-13-23-18)24(2)12-15-10-21-19(22-11-15)16-4-6-17(25-3)7-5-16/h4-11,13-14H,12H2,1-3H3. The lowest BCUT2D eigenvalue weighted by molar-refractivity contribution is 0.248. The van der Waals surface area contributed by atoms with Crippen LogP contribution in [0.1, 0.15) is 24.2 Å². The third-order valence-electron chi connectivity index (χ3n) is 4.18. The fourth-order valence-electron chi connectivity index (χ4n) is 2.52. The summed E-state index contributed by atoms with van der Waals surface area (Å²) < 4.78 is 5.17. The van der Waals surface area contributed by atoms with Crippen LogP contribution in [-0.2, 0) is 6.54 Å². The molecule has 0 aliphatic carbocycles. The lowest BCUT2D eigenvalue weighted by atomic mass is 10.2. The molecule has 128 valence electrons. The van der Waals surface area contributed by atoms with E-state index in [2.05, 4.69) is 38.8 Å². The van der Waals surface area contributed by atoms with Crippen LogP contribution in [0.3, 0.4) is 0 Å². The first-order chi connectivity index (χ1) is 12.2. The lowest BCUT2D eigenvalue weighted by Gasteiger charge is -2.23. The Bertz CT molecular complexity index is 790. The van der Waals surface area contributed by atoms with Crippen molar-refractivity contribution in [3.8, 4) is 17.1 Å². The maximum Gasteiger partial charge on any atom is 0.159 e. The summed E-state index contributed by atoms with van der Waals surface area (Å²) in [6, 6.07) is 9.84. The molecule has 0 radical (unpaired) electrons. The van der Waals surface area contributed by atoms with E-state index in [0.717, 1.165) is 29.1 Å². The molecule has 25 heavy (non-hydrogen) atoms. The summed E-state index contributed by atoms with van der Waals surface area (Å²) in [5.41, 5.74) is 3.02. The first-order valence-corrected chi connectivity index (χ1v) is 8.09. The minimum Gasteiger partial charge on any atom is -0.497 e. The Morgan fingerprint density at radius 3 is 2.36 bits per heavy atom.